The van der Waals surface area contributed by atoms with Crippen LogP contribution in [0.2, 0.25) is 0 Å². The molecule has 4 nitrogen and oxygen atoms in total. The fourth-order valence-corrected chi connectivity index (χ4v) is 3.61. The molecule has 2 saturated heterocycles. The predicted octanol–water partition coefficient (Wildman–Crippen LogP) is 4.70. The summed E-state index contributed by atoms with van der Waals surface area (Å²) in [5, 5.41) is 0. The molecule has 0 N–H and O–H groups in total. The average Bonchev–Trinajstić information content (AvgIpc) is 3.18. The van der Waals surface area contributed by atoms with E-state index in [2.05, 4.69) is 59.7 Å². The molecule has 0 saturated carbocycles. The summed E-state index contributed by atoms with van der Waals surface area (Å²) in [6.45, 7) is 14.4. The van der Waals surface area contributed by atoms with Crippen molar-refractivity contribution in [3.8, 4) is 5.75 Å². The predicted molar refractivity (Wildman–Crippen MR) is 92.0 cm³/mol. The van der Waals surface area contributed by atoms with Crippen molar-refractivity contribution in [2.24, 2.45) is 0 Å². The second-order valence-electron chi connectivity index (χ2n) is 8.33. The first-order chi connectivity index (χ1) is 10.6. The Balaban J connectivity index is 1.82. The number of hydrogen-bond donors (Lipinski definition) is 0. The van der Waals surface area contributed by atoms with Gasteiger partial charge in [-0.1, -0.05) is 53.7 Å². The SMILES string of the molecule is CC(C)(C)c1ccc(OP2OCC3OC3CO2)c(C(C)(C)C)c1. The molecule has 0 aliphatic carbocycles. The van der Waals surface area contributed by atoms with Crippen molar-refractivity contribution in [1.82, 2.24) is 0 Å². The summed E-state index contributed by atoms with van der Waals surface area (Å²) in [6.07, 6.45) is 0.382. The summed E-state index contributed by atoms with van der Waals surface area (Å²) in [5.41, 5.74) is 2.59. The quantitative estimate of drug-likeness (QED) is 0.579. The van der Waals surface area contributed by atoms with Gasteiger partial charge in [0.15, 0.2) is 0 Å². The third kappa shape index (κ3) is 4.06. The molecule has 2 heterocycles. The smallest absolute Gasteiger partial charge is 0.397 e. The van der Waals surface area contributed by atoms with Gasteiger partial charge < -0.3 is 9.26 Å². The Morgan fingerprint density at radius 1 is 0.957 bits per heavy atom. The fourth-order valence-electron chi connectivity index (χ4n) is 2.57. The molecule has 2 atom stereocenters. The molecule has 2 aliphatic rings. The second-order valence-corrected chi connectivity index (χ2v) is 9.48. The van der Waals surface area contributed by atoms with Crippen LogP contribution in [0.5, 0.6) is 5.75 Å². The Bertz CT molecular complexity index is 561. The highest BCUT2D eigenvalue weighted by Crippen LogP contribution is 2.48. The highest BCUT2D eigenvalue weighted by atomic mass is 31.2. The van der Waals surface area contributed by atoms with Crippen molar-refractivity contribution in [1.29, 1.82) is 0 Å². The second kappa shape index (κ2) is 6.00. The van der Waals surface area contributed by atoms with E-state index in [1.54, 1.807) is 0 Å². The summed E-state index contributed by atoms with van der Waals surface area (Å²) < 4.78 is 22.9. The monoisotopic (exact) mass is 338 g/mol. The molecule has 0 radical (unpaired) electrons. The van der Waals surface area contributed by atoms with Gasteiger partial charge >= 0.3 is 8.60 Å². The van der Waals surface area contributed by atoms with Crippen molar-refractivity contribution >= 4 is 8.60 Å². The summed E-state index contributed by atoms with van der Waals surface area (Å²) in [7, 11) is -1.35. The highest BCUT2D eigenvalue weighted by molar-refractivity contribution is 7.42. The van der Waals surface area contributed by atoms with Gasteiger partial charge in [-0.25, -0.2) is 0 Å². The van der Waals surface area contributed by atoms with Gasteiger partial charge in [-0.05, 0) is 22.5 Å². The Morgan fingerprint density at radius 3 is 2.09 bits per heavy atom. The molecule has 23 heavy (non-hydrogen) atoms. The summed E-state index contributed by atoms with van der Waals surface area (Å²) in [5.74, 6) is 0.855. The van der Waals surface area contributed by atoms with Crippen molar-refractivity contribution in [3.05, 3.63) is 29.3 Å². The van der Waals surface area contributed by atoms with Gasteiger partial charge in [-0.15, -0.1) is 0 Å². The number of fused-ring (bicyclic) bond motifs is 1. The molecule has 2 unspecified atom stereocenters. The van der Waals surface area contributed by atoms with Crippen LogP contribution in [-0.2, 0) is 24.6 Å². The first-order valence-corrected chi connectivity index (χ1v) is 9.28. The van der Waals surface area contributed by atoms with Crippen LogP contribution in [0.1, 0.15) is 52.7 Å². The number of epoxide rings is 1. The van der Waals surface area contributed by atoms with Gasteiger partial charge in [-0.2, -0.15) is 0 Å². The highest BCUT2D eigenvalue weighted by Gasteiger charge is 2.44. The summed E-state index contributed by atoms with van der Waals surface area (Å²) in [6, 6.07) is 6.44. The molecule has 0 spiro atoms. The molecular weight excluding hydrogens is 311 g/mol. The van der Waals surface area contributed by atoms with E-state index in [4.69, 9.17) is 18.3 Å². The molecular formula is C18H27O4P. The maximum atomic E-state index is 6.09. The molecule has 3 rings (SSSR count). The molecule has 1 aromatic carbocycles. The Hall–Kier alpha value is -0.670. The van der Waals surface area contributed by atoms with Crippen LogP contribution in [0.25, 0.3) is 0 Å². The van der Waals surface area contributed by atoms with Crippen molar-refractivity contribution in [3.63, 3.8) is 0 Å². The van der Waals surface area contributed by atoms with E-state index in [1.165, 1.54) is 11.1 Å². The van der Waals surface area contributed by atoms with E-state index in [1.807, 2.05) is 0 Å². The summed E-state index contributed by atoms with van der Waals surface area (Å²) in [4.78, 5) is 0. The number of ether oxygens (including phenoxy) is 1. The van der Waals surface area contributed by atoms with Gasteiger partial charge in [0, 0.05) is 5.56 Å². The van der Waals surface area contributed by atoms with Crippen LogP contribution in [0.15, 0.2) is 18.2 Å². The van der Waals surface area contributed by atoms with E-state index >= 15 is 0 Å². The van der Waals surface area contributed by atoms with Gasteiger partial charge in [0.25, 0.3) is 0 Å². The number of benzene rings is 1. The Kier molecular flexibility index (Phi) is 4.48. The van der Waals surface area contributed by atoms with E-state index in [0.29, 0.717) is 13.2 Å². The van der Waals surface area contributed by atoms with Crippen LogP contribution in [0.3, 0.4) is 0 Å². The molecule has 1 aromatic rings. The lowest BCUT2D eigenvalue weighted by Gasteiger charge is -2.28. The zero-order valence-corrected chi connectivity index (χ0v) is 15.8. The Morgan fingerprint density at radius 2 is 1.57 bits per heavy atom. The molecule has 5 heteroatoms. The first-order valence-electron chi connectivity index (χ1n) is 8.19. The van der Waals surface area contributed by atoms with Crippen LogP contribution in [0.4, 0.5) is 0 Å². The molecule has 128 valence electrons. The maximum absolute atomic E-state index is 6.09. The van der Waals surface area contributed by atoms with Gasteiger partial charge in [0.05, 0.1) is 13.2 Å². The van der Waals surface area contributed by atoms with E-state index in [0.717, 1.165) is 5.75 Å². The first kappa shape index (κ1) is 17.2. The molecule has 2 fully saturated rings. The fraction of sp³-hybridized carbons (Fsp3) is 0.667. The number of hydrogen-bond acceptors (Lipinski definition) is 4. The molecule has 0 bridgehead atoms. The minimum Gasteiger partial charge on any atom is -0.426 e. The number of rotatable bonds is 2. The van der Waals surface area contributed by atoms with Gasteiger partial charge in [0.1, 0.15) is 18.0 Å². The van der Waals surface area contributed by atoms with Crippen LogP contribution in [0, 0.1) is 0 Å². The lowest BCUT2D eigenvalue weighted by atomic mass is 9.80. The van der Waals surface area contributed by atoms with E-state index < -0.39 is 8.60 Å². The zero-order valence-electron chi connectivity index (χ0n) is 14.9. The van der Waals surface area contributed by atoms with Gasteiger partial charge in [0.2, 0.25) is 0 Å². The largest absolute Gasteiger partial charge is 0.426 e. The normalized spacial score (nSPS) is 28.0. The molecule has 0 aromatic heterocycles. The third-order valence-corrected chi connectivity index (χ3v) is 5.27. The zero-order chi connectivity index (χ0) is 16.8. The van der Waals surface area contributed by atoms with E-state index in [9.17, 15) is 0 Å². The lowest BCUT2D eigenvalue weighted by Crippen LogP contribution is -2.17. The topological polar surface area (TPSA) is 40.2 Å². The minimum absolute atomic E-state index is 0.0109. The average molecular weight is 338 g/mol. The Labute approximate surface area is 140 Å². The lowest BCUT2D eigenvalue weighted by molar-refractivity contribution is 0.171. The van der Waals surface area contributed by atoms with Crippen LogP contribution < -0.4 is 4.52 Å². The maximum Gasteiger partial charge on any atom is 0.397 e. The van der Waals surface area contributed by atoms with E-state index in [-0.39, 0.29) is 23.0 Å². The third-order valence-electron chi connectivity index (χ3n) is 4.20. The van der Waals surface area contributed by atoms with Crippen molar-refractivity contribution in [2.75, 3.05) is 13.2 Å². The van der Waals surface area contributed by atoms with Gasteiger partial charge in [-0.3, -0.25) is 9.05 Å². The van der Waals surface area contributed by atoms with Crippen LogP contribution in [-0.4, -0.2) is 25.4 Å². The molecule has 0 amide bonds. The molecule has 2 aliphatic heterocycles. The minimum atomic E-state index is -1.35. The summed E-state index contributed by atoms with van der Waals surface area (Å²) >= 11 is 0. The van der Waals surface area contributed by atoms with Crippen molar-refractivity contribution in [2.45, 2.75) is 64.6 Å². The van der Waals surface area contributed by atoms with Crippen molar-refractivity contribution < 1.29 is 18.3 Å². The van der Waals surface area contributed by atoms with Crippen LogP contribution >= 0.6 is 8.60 Å². The standard InChI is InChI=1S/C18H27O4P/c1-17(2,3)12-7-8-14(13(9-12)18(4,5)6)22-23-19-10-15-16(21-15)11-20-23/h7-9,15-16H,10-11H2,1-6H3.